The number of hydrogen-bond acceptors (Lipinski definition) is 7. The van der Waals surface area contributed by atoms with Crippen LogP contribution < -0.4 is 9.47 Å². The van der Waals surface area contributed by atoms with Crippen LogP contribution in [0, 0.1) is 0 Å². The molecule has 0 aliphatic carbocycles. The van der Waals surface area contributed by atoms with E-state index >= 15 is 0 Å². The molecule has 0 bridgehead atoms. The number of halogens is 1. The fourth-order valence-electron chi connectivity index (χ4n) is 2.45. The predicted molar refractivity (Wildman–Crippen MR) is 113 cm³/mol. The molecule has 0 aliphatic rings. The molecule has 1 aromatic heterocycles. The van der Waals surface area contributed by atoms with Crippen LogP contribution in [0.5, 0.6) is 11.5 Å². The van der Waals surface area contributed by atoms with Crippen LogP contribution in [0.3, 0.4) is 0 Å². The number of esters is 1. The van der Waals surface area contributed by atoms with E-state index in [0.717, 1.165) is 15.5 Å². The van der Waals surface area contributed by atoms with Crippen LogP contribution in [0.15, 0.2) is 52.7 Å². The highest BCUT2D eigenvalue weighted by molar-refractivity contribution is 8.00. The van der Waals surface area contributed by atoms with Crippen LogP contribution in [-0.2, 0) is 16.1 Å². The van der Waals surface area contributed by atoms with Crippen molar-refractivity contribution < 1.29 is 19.0 Å². The van der Waals surface area contributed by atoms with E-state index in [1.807, 2.05) is 41.8 Å². The Morgan fingerprint density at radius 3 is 2.71 bits per heavy atom. The summed E-state index contributed by atoms with van der Waals surface area (Å²) in [7, 11) is 3.18. The van der Waals surface area contributed by atoms with Gasteiger partial charge in [0.2, 0.25) is 0 Å². The molecule has 5 nitrogen and oxygen atoms in total. The second-order valence-electron chi connectivity index (χ2n) is 5.56. The number of nitrogens with zero attached hydrogens (tertiary/aromatic N) is 1. The molecular formula is C20H18ClNO4S2. The molecular weight excluding hydrogens is 418 g/mol. The predicted octanol–water partition coefficient (Wildman–Crippen LogP) is 5.32. The molecule has 0 N–H and O–H groups in total. The van der Waals surface area contributed by atoms with Gasteiger partial charge >= 0.3 is 5.97 Å². The molecule has 0 atom stereocenters. The first-order valence-electron chi connectivity index (χ1n) is 8.31. The minimum atomic E-state index is -0.321. The molecule has 0 radical (unpaired) electrons. The molecule has 0 saturated heterocycles. The van der Waals surface area contributed by atoms with E-state index in [9.17, 15) is 4.79 Å². The smallest absolute Gasteiger partial charge is 0.316 e. The van der Waals surface area contributed by atoms with Gasteiger partial charge < -0.3 is 14.2 Å². The van der Waals surface area contributed by atoms with Crippen molar-refractivity contribution in [1.29, 1.82) is 0 Å². The van der Waals surface area contributed by atoms with Gasteiger partial charge in [-0.25, -0.2) is 4.98 Å². The van der Waals surface area contributed by atoms with Crippen LogP contribution in [0.1, 0.15) is 5.69 Å². The van der Waals surface area contributed by atoms with Gasteiger partial charge in [-0.05, 0) is 24.3 Å². The first-order valence-corrected chi connectivity index (χ1v) is 10.6. The van der Waals surface area contributed by atoms with E-state index in [1.54, 1.807) is 20.3 Å². The number of ether oxygens (including phenoxy) is 3. The maximum absolute atomic E-state index is 12.0. The molecule has 146 valence electrons. The molecule has 0 unspecified atom stereocenters. The lowest BCUT2D eigenvalue weighted by atomic mass is 10.2. The first kappa shape index (κ1) is 20.5. The zero-order valence-corrected chi connectivity index (χ0v) is 17.7. The maximum atomic E-state index is 12.0. The molecule has 3 aromatic rings. The lowest BCUT2D eigenvalue weighted by Crippen LogP contribution is -2.07. The Kier molecular flexibility index (Phi) is 7.19. The fourth-order valence-corrected chi connectivity index (χ4v) is 4.31. The minimum absolute atomic E-state index is 0.116. The average molecular weight is 436 g/mol. The van der Waals surface area contributed by atoms with Crippen molar-refractivity contribution >= 4 is 40.7 Å². The molecule has 0 aliphatic heterocycles. The van der Waals surface area contributed by atoms with Crippen molar-refractivity contribution in [1.82, 2.24) is 4.98 Å². The summed E-state index contributed by atoms with van der Waals surface area (Å²) in [6.45, 7) is 0.116. The Morgan fingerprint density at radius 1 is 1.14 bits per heavy atom. The maximum Gasteiger partial charge on any atom is 0.316 e. The summed E-state index contributed by atoms with van der Waals surface area (Å²) in [4.78, 5) is 17.4. The quantitative estimate of drug-likeness (QED) is 0.352. The monoisotopic (exact) mass is 435 g/mol. The number of methoxy groups -OCH3 is 2. The van der Waals surface area contributed by atoms with Gasteiger partial charge in [0.05, 0.1) is 36.3 Å². The number of carbonyl (C=O) groups excluding carboxylic acids is 1. The standard InChI is InChI=1S/C20H18ClNO4S2/c1-24-16-8-5-6-14(19(16)25-2)20-22-13(11-28-20)10-26-18(23)12-27-17-9-4-3-7-15(17)21/h3-9,11H,10,12H2,1-2H3. The summed E-state index contributed by atoms with van der Waals surface area (Å²) in [6.07, 6.45) is 0. The lowest BCUT2D eigenvalue weighted by Gasteiger charge is -2.10. The number of thiazole rings is 1. The van der Waals surface area contributed by atoms with E-state index in [1.165, 1.54) is 23.1 Å². The second-order valence-corrected chi connectivity index (χ2v) is 7.85. The fraction of sp³-hybridized carbons (Fsp3) is 0.200. The molecule has 1 heterocycles. The SMILES string of the molecule is COc1cccc(-c2nc(COC(=O)CSc3ccccc3Cl)cs2)c1OC. The van der Waals surface area contributed by atoms with Crippen LogP contribution in [0.2, 0.25) is 5.02 Å². The average Bonchev–Trinajstić information content (AvgIpc) is 3.19. The van der Waals surface area contributed by atoms with Gasteiger partial charge in [0.15, 0.2) is 11.5 Å². The van der Waals surface area contributed by atoms with Crippen molar-refractivity contribution in [3.05, 3.63) is 58.6 Å². The number of benzene rings is 2. The Bertz CT molecular complexity index is 961. The normalized spacial score (nSPS) is 10.5. The van der Waals surface area contributed by atoms with Crippen LogP contribution in [0.25, 0.3) is 10.6 Å². The van der Waals surface area contributed by atoms with Gasteiger partial charge in [0.25, 0.3) is 0 Å². The molecule has 0 fully saturated rings. The number of rotatable bonds is 8. The Balaban J connectivity index is 1.59. The van der Waals surface area contributed by atoms with E-state index in [0.29, 0.717) is 22.2 Å². The summed E-state index contributed by atoms with van der Waals surface area (Å²) in [5.41, 5.74) is 1.51. The van der Waals surface area contributed by atoms with Gasteiger partial charge in [0, 0.05) is 10.3 Å². The third-order valence-corrected chi connectivity index (χ3v) is 6.16. The Hall–Kier alpha value is -2.22. The molecule has 8 heteroatoms. The topological polar surface area (TPSA) is 57.7 Å². The zero-order chi connectivity index (χ0) is 19.9. The lowest BCUT2D eigenvalue weighted by molar-refractivity contribution is -0.141. The third-order valence-electron chi connectivity index (χ3n) is 3.75. The summed E-state index contributed by atoms with van der Waals surface area (Å²) < 4.78 is 16.1. The Morgan fingerprint density at radius 2 is 1.96 bits per heavy atom. The van der Waals surface area contributed by atoms with E-state index in [-0.39, 0.29) is 18.3 Å². The zero-order valence-electron chi connectivity index (χ0n) is 15.3. The highest BCUT2D eigenvalue weighted by atomic mass is 35.5. The van der Waals surface area contributed by atoms with Gasteiger partial charge in [0.1, 0.15) is 11.6 Å². The number of carbonyl (C=O) groups is 1. The van der Waals surface area contributed by atoms with E-state index < -0.39 is 0 Å². The van der Waals surface area contributed by atoms with Crippen molar-refractivity contribution in [2.24, 2.45) is 0 Å². The van der Waals surface area contributed by atoms with Gasteiger partial charge in [-0.2, -0.15) is 0 Å². The number of thioether (sulfide) groups is 1. The highest BCUT2D eigenvalue weighted by Crippen LogP contribution is 2.39. The minimum Gasteiger partial charge on any atom is -0.493 e. The van der Waals surface area contributed by atoms with Crippen LogP contribution >= 0.6 is 34.7 Å². The summed E-state index contributed by atoms with van der Waals surface area (Å²) >= 11 is 8.89. The van der Waals surface area contributed by atoms with E-state index in [4.69, 9.17) is 25.8 Å². The van der Waals surface area contributed by atoms with Gasteiger partial charge in [-0.15, -0.1) is 23.1 Å². The number of aromatic nitrogens is 1. The van der Waals surface area contributed by atoms with E-state index in [2.05, 4.69) is 4.98 Å². The van der Waals surface area contributed by atoms with Crippen LogP contribution in [0.4, 0.5) is 0 Å². The summed E-state index contributed by atoms with van der Waals surface area (Å²) in [6, 6.07) is 13.0. The molecule has 28 heavy (non-hydrogen) atoms. The third kappa shape index (κ3) is 4.98. The van der Waals surface area contributed by atoms with Gasteiger partial charge in [-0.3, -0.25) is 4.79 Å². The molecule has 0 spiro atoms. The van der Waals surface area contributed by atoms with Crippen molar-refractivity contribution in [3.8, 4) is 22.1 Å². The number of para-hydroxylation sites is 1. The second kappa shape index (κ2) is 9.82. The molecule has 2 aromatic carbocycles. The highest BCUT2D eigenvalue weighted by Gasteiger charge is 2.15. The number of hydrogen-bond donors (Lipinski definition) is 0. The van der Waals surface area contributed by atoms with Crippen molar-refractivity contribution in [2.45, 2.75) is 11.5 Å². The van der Waals surface area contributed by atoms with Crippen molar-refractivity contribution in [3.63, 3.8) is 0 Å². The molecule has 3 rings (SSSR count). The Labute approximate surface area is 176 Å². The first-order chi connectivity index (χ1) is 13.6. The summed E-state index contributed by atoms with van der Waals surface area (Å²) in [5.74, 6) is 1.13. The van der Waals surface area contributed by atoms with Crippen LogP contribution in [-0.4, -0.2) is 30.9 Å². The summed E-state index contributed by atoms with van der Waals surface area (Å²) in [5, 5.41) is 3.26. The van der Waals surface area contributed by atoms with Gasteiger partial charge in [-0.1, -0.05) is 29.8 Å². The molecule has 0 saturated carbocycles. The largest absolute Gasteiger partial charge is 0.493 e. The molecule has 0 amide bonds. The van der Waals surface area contributed by atoms with Crippen molar-refractivity contribution in [2.75, 3.05) is 20.0 Å².